The van der Waals surface area contributed by atoms with Crippen molar-refractivity contribution < 1.29 is 27.6 Å². The number of anilines is 1. The maximum absolute atomic E-state index is 13.2. The summed E-state index contributed by atoms with van der Waals surface area (Å²) in [4.78, 5) is 42.9. The third kappa shape index (κ3) is 5.11. The Morgan fingerprint density at radius 3 is 2.79 bits per heavy atom. The van der Waals surface area contributed by atoms with Gasteiger partial charge in [0.25, 0.3) is 0 Å². The summed E-state index contributed by atoms with van der Waals surface area (Å²) in [7, 11) is 0. The molecule has 34 heavy (non-hydrogen) atoms. The van der Waals surface area contributed by atoms with Crippen LogP contribution in [0.1, 0.15) is 42.2 Å². The van der Waals surface area contributed by atoms with Gasteiger partial charge in [0, 0.05) is 36.6 Å². The first-order valence-electron chi connectivity index (χ1n) is 11.3. The fraction of sp³-hybridized carbons (Fsp3) is 0.458. The predicted octanol–water partition coefficient (Wildman–Crippen LogP) is 3.99. The van der Waals surface area contributed by atoms with Crippen molar-refractivity contribution in [2.75, 3.05) is 18.0 Å². The number of rotatable bonds is 6. The molecule has 1 saturated heterocycles. The van der Waals surface area contributed by atoms with Crippen molar-refractivity contribution in [1.29, 1.82) is 0 Å². The molecule has 1 aromatic heterocycles. The summed E-state index contributed by atoms with van der Waals surface area (Å²) in [6, 6.07) is 5.83. The van der Waals surface area contributed by atoms with Gasteiger partial charge in [-0.25, -0.2) is 0 Å². The van der Waals surface area contributed by atoms with E-state index in [1.54, 1.807) is 16.2 Å². The standard InChI is InChI=1S/C24H26F3N3O3S/c1-2-4-19(23(33)29-9-7-20-15(13-29)8-10-34-20)28-22(32)16-11-21(31)30(14-16)18-6-3-5-17(12-18)24(25,26)27/h3,5-6,8,10,12,16,19H,2,4,7,9,11,13-14H2,1H3,(H,28,32). The van der Waals surface area contributed by atoms with E-state index in [4.69, 9.17) is 0 Å². The minimum absolute atomic E-state index is 0.0268. The number of hydrogen-bond acceptors (Lipinski definition) is 4. The van der Waals surface area contributed by atoms with Gasteiger partial charge in [-0.15, -0.1) is 11.3 Å². The second-order valence-corrected chi connectivity index (χ2v) is 9.68. The molecule has 2 unspecified atom stereocenters. The molecule has 10 heteroatoms. The fourth-order valence-electron chi connectivity index (χ4n) is 4.48. The van der Waals surface area contributed by atoms with Gasteiger partial charge in [-0.3, -0.25) is 14.4 Å². The number of thiophene rings is 1. The number of halogens is 3. The van der Waals surface area contributed by atoms with Crippen molar-refractivity contribution in [3.05, 3.63) is 51.7 Å². The van der Waals surface area contributed by atoms with Crippen molar-refractivity contribution in [3.63, 3.8) is 0 Å². The number of carbonyl (C=O) groups is 3. The molecule has 1 aromatic carbocycles. The number of alkyl halides is 3. The molecule has 4 rings (SSSR count). The van der Waals surface area contributed by atoms with Crippen LogP contribution in [0.2, 0.25) is 0 Å². The molecule has 6 nitrogen and oxygen atoms in total. The molecular weight excluding hydrogens is 467 g/mol. The van der Waals surface area contributed by atoms with Crippen LogP contribution in [-0.4, -0.2) is 41.8 Å². The molecular formula is C24H26F3N3O3S. The SMILES string of the molecule is CCCC(NC(=O)C1CC(=O)N(c2cccc(C(F)(F)F)c2)C1)C(=O)N1CCc2sccc2C1. The maximum atomic E-state index is 13.2. The van der Waals surface area contributed by atoms with Gasteiger partial charge in [0.1, 0.15) is 6.04 Å². The first-order chi connectivity index (χ1) is 16.2. The number of hydrogen-bond donors (Lipinski definition) is 1. The van der Waals surface area contributed by atoms with E-state index in [0.717, 1.165) is 24.1 Å². The highest BCUT2D eigenvalue weighted by molar-refractivity contribution is 7.10. The average molecular weight is 494 g/mol. The van der Waals surface area contributed by atoms with E-state index < -0.39 is 35.5 Å². The summed E-state index contributed by atoms with van der Waals surface area (Å²) in [5.41, 5.74) is 0.384. The minimum atomic E-state index is -4.53. The number of amides is 3. The topological polar surface area (TPSA) is 69.7 Å². The van der Waals surface area contributed by atoms with E-state index in [9.17, 15) is 27.6 Å². The van der Waals surface area contributed by atoms with E-state index in [1.165, 1.54) is 21.9 Å². The first-order valence-corrected chi connectivity index (χ1v) is 12.2. The highest BCUT2D eigenvalue weighted by atomic mass is 32.1. The molecule has 1 fully saturated rings. The average Bonchev–Trinajstić information content (AvgIpc) is 3.43. The van der Waals surface area contributed by atoms with Gasteiger partial charge in [0.2, 0.25) is 17.7 Å². The van der Waals surface area contributed by atoms with Gasteiger partial charge < -0.3 is 15.1 Å². The molecule has 0 saturated carbocycles. The Hall–Kier alpha value is -2.88. The Balaban J connectivity index is 1.42. The van der Waals surface area contributed by atoms with Crippen LogP contribution >= 0.6 is 11.3 Å². The van der Waals surface area contributed by atoms with E-state index in [0.29, 0.717) is 25.9 Å². The van der Waals surface area contributed by atoms with Crippen LogP contribution in [0, 0.1) is 5.92 Å². The predicted molar refractivity (Wildman–Crippen MR) is 122 cm³/mol. The molecule has 3 amide bonds. The number of nitrogens with zero attached hydrogens (tertiary/aromatic N) is 2. The Morgan fingerprint density at radius 1 is 1.26 bits per heavy atom. The van der Waals surface area contributed by atoms with Crippen molar-refractivity contribution in [1.82, 2.24) is 10.2 Å². The smallest absolute Gasteiger partial charge is 0.344 e. The van der Waals surface area contributed by atoms with Crippen molar-refractivity contribution >= 4 is 34.7 Å². The summed E-state index contributed by atoms with van der Waals surface area (Å²) < 4.78 is 39.2. The van der Waals surface area contributed by atoms with Crippen LogP contribution < -0.4 is 10.2 Å². The maximum Gasteiger partial charge on any atom is 0.416 e. The van der Waals surface area contributed by atoms with E-state index in [-0.39, 0.29) is 24.6 Å². The molecule has 0 aliphatic carbocycles. The third-order valence-corrected chi connectivity index (χ3v) is 7.32. The zero-order valence-electron chi connectivity index (χ0n) is 18.7. The van der Waals surface area contributed by atoms with Crippen LogP contribution in [0.5, 0.6) is 0 Å². The van der Waals surface area contributed by atoms with Gasteiger partial charge >= 0.3 is 6.18 Å². The zero-order chi connectivity index (χ0) is 24.5. The van der Waals surface area contributed by atoms with Crippen molar-refractivity contribution in [2.45, 2.75) is 51.4 Å². The zero-order valence-corrected chi connectivity index (χ0v) is 19.5. The Labute approximate surface area is 199 Å². The molecule has 0 bridgehead atoms. The summed E-state index contributed by atoms with van der Waals surface area (Å²) >= 11 is 1.68. The molecule has 182 valence electrons. The third-order valence-electron chi connectivity index (χ3n) is 6.29. The molecule has 0 radical (unpaired) electrons. The highest BCUT2D eigenvalue weighted by Crippen LogP contribution is 2.33. The second kappa shape index (κ2) is 9.77. The van der Waals surface area contributed by atoms with Crippen molar-refractivity contribution in [2.24, 2.45) is 5.92 Å². The lowest BCUT2D eigenvalue weighted by Crippen LogP contribution is -2.51. The lowest BCUT2D eigenvalue weighted by Gasteiger charge is -2.31. The monoisotopic (exact) mass is 493 g/mol. The number of carbonyl (C=O) groups excluding carboxylic acids is 3. The van der Waals surface area contributed by atoms with Gasteiger partial charge in [-0.05, 0) is 48.1 Å². The molecule has 2 aliphatic rings. The molecule has 3 heterocycles. The fourth-order valence-corrected chi connectivity index (χ4v) is 5.37. The van der Waals surface area contributed by atoms with E-state index in [2.05, 4.69) is 5.32 Å². The van der Waals surface area contributed by atoms with Gasteiger partial charge in [-0.2, -0.15) is 13.2 Å². The Morgan fingerprint density at radius 2 is 2.06 bits per heavy atom. The molecule has 2 atom stereocenters. The number of fused-ring (bicyclic) bond motifs is 1. The van der Waals surface area contributed by atoms with E-state index in [1.807, 2.05) is 18.4 Å². The summed E-state index contributed by atoms with van der Waals surface area (Å²) in [6.07, 6.45) is -2.70. The van der Waals surface area contributed by atoms with Gasteiger partial charge in [0.15, 0.2) is 0 Å². The highest BCUT2D eigenvalue weighted by Gasteiger charge is 2.38. The van der Waals surface area contributed by atoms with Gasteiger partial charge in [-0.1, -0.05) is 19.4 Å². The normalized spacial score (nSPS) is 19.2. The van der Waals surface area contributed by atoms with Crippen molar-refractivity contribution in [3.8, 4) is 0 Å². The van der Waals surface area contributed by atoms with E-state index >= 15 is 0 Å². The summed E-state index contributed by atoms with van der Waals surface area (Å²) in [5, 5.41) is 4.83. The Kier molecular flexibility index (Phi) is 6.97. The number of nitrogens with one attached hydrogen (secondary N) is 1. The first kappa shape index (κ1) is 24.3. The van der Waals surface area contributed by atoms with Crippen LogP contribution in [0.4, 0.5) is 18.9 Å². The molecule has 2 aliphatic heterocycles. The number of benzene rings is 1. The van der Waals surface area contributed by atoms with Crippen LogP contribution in [-0.2, 0) is 33.5 Å². The molecule has 2 aromatic rings. The lowest BCUT2D eigenvalue weighted by molar-refractivity contribution is -0.138. The van der Waals surface area contributed by atoms with Crippen LogP contribution in [0.25, 0.3) is 0 Å². The van der Waals surface area contributed by atoms with Gasteiger partial charge in [0.05, 0.1) is 11.5 Å². The lowest BCUT2D eigenvalue weighted by atomic mass is 10.0. The van der Waals surface area contributed by atoms with Crippen LogP contribution in [0.3, 0.4) is 0 Å². The Bertz CT molecular complexity index is 1080. The summed E-state index contributed by atoms with van der Waals surface area (Å²) in [6.45, 7) is 3.00. The largest absolute Gasteiger partial charge is 0.416 e. The minimum Gasteiger partial charge on any atom is -0.344 e. The second-order valence-electron chi connectivity index (χ2n) is 8.68. The molecule has 0 spiro atoms. The summed E-state index contributed by atoms with van der Waals surface area (Å²) in [5.74, 6) is -1.73. The quantitative estimate of drug-likeness (QED) is 0.662. The molecule has 1 N–H and O–H groups in total. The van der Waals surface area contributed by atoms with Crippen LogP contribution in [0.15, 0.2) is 35.7 Å².